The number of halogens is 2. The molecule has 2 aliphatic rings. The lowest BCUT2D eigenvalue weighted by atomic mass is 9.81. The van der Waals surface area contributed by atoms with E-state index in [1.807, 2.05) is 4.90 Å². The average molecular weight is 233 g/mol. The number of morpholine rings is 1. The van der Waals surface area contributed by atoms with Gasteiger partial charge < -0.3 is 15.4 Å². The number of guanidine groups is 1. The zero-order chi connectivity index (χ0) is 11.6. The van der Waals surface area contributed by atoms with Crippen LogP contribution < -0.4 is 5.73 Å². The van der Waals surface area contributed by atoms with E-state index in [-0.39, 0.29) is 18.8 Å². The highest BCUT2D eigenvalue weighted by molar-refractivity contribution is 5.78. The quantitative estimate of drug-likeness (QED) is 0.563. The van der Waals surface area contributed by atoms with Gasteiger partial charge >= 0.3 is 0 Å². The summed E-state index contributed by atoms with van der Waals surface area (Å²) in [6, 6.07) is 0. The van der Waals surface area contributed by atoms with Crippen LogP contribution in [-0.4, -0.2) is 49.6 Å². The topological polar surface area (TPSA) is 50.8 Å². The van der Waals surface area contributed by atoms with Crippen molar-refractivity contribution in [1.82, 2.24) is 4.90 Å². The molecule has 2 rings (SSSR count). The molecule has 0 bridgehead atoms. The molecule has 0 aromatic carbocycles. The van der Waals surface area contributed by atoms with Crippen LogP contribution in [0.5, 0.6) is 0 Å². The summed E-state index contributed by atoms with van der Waals surface area (Å²) < 4.78 is 30.3. The molecule has 1 aliphatic heterocycles. The van der Waals surface area contributed by atoms with Crippen LogP contribution in [0.2, 0.25) is 0 Å². The molecule has 1 saturated carbocycles. The molecule has 1 saturated heterocycles. The maximum Gasteiger partial charge on any atom is 0.248 e. The molecule has 1 aliphatic carbocycles. The minimum absolute atomic E-state index is 0.00501. The van der Waals surface area contributed by atoms with Crippen LogP contribution in [0, 0.1) is 5.92 Å². The Morgan fingerprint density at radius 2 is 2.00 bits per heavy atom. The predicted molar refractivity (Wildman–Crippen MR) is 56.6 cm³/mol. The number of nitrogens with zero attached hydrogens (tertiary/aromatic N) is 2. The molecule has 1 heterocycles. The van der Waals surface area contributed by atoms with E-state index >= 15 is 0 Å². The van der Waals surface area contributed by atoms with Gasteiger partial charge in [0, 0.05) is 32.5 Å². The van der Waals surface area contributed by atoms with Gasteiger partial charge in [-0.2, -0.15) is 0 Å². The Hall–Kier alpha value is -0.910. The van der Waals surface area contributed by atoms with Crippen LogP contribution in [0.1, 0.15) is 12.8 Å². The van der Waals surface area contributed by atoms with Crippen LogP contribution in [0.4, 0.5) is 8.78 Å². The SMILES string of the molecule is NC(=NCC1CC(F)(F)C1)N1CCOCC1. The lowest BCUT2D eigenvalue weighted by molar-refractivity contribution is -0.107. The summed E-state index contributed by atoms with van der Waals surface area (Å²) in [5, 5.41) is 0. The molecule has 0 aromatic rings. The molecular weight excluding hydrogens is 216 g/mol. The summed E-state index contributed by atoms with van der Waals surface area (Å²) in [6.07, 6.45) is -0.0974. The molecular formula is C10H17F2N3O. The third-order valence-electron chi connectivity index (χ3n) is 3.02. The Kier molecular flexibility index (Phi) is 3.28. The summed E-state index contributed by atoms with van der Waals surface area (Å²) in [5.74, 6) is -2.01. The maximum absolute atomic E-state index is 12.6. The van der Waals surface area contributed by atoms with Gasteiger partial charge in [0.1, 0.15) is 0 Å². The number of nitrogens with two attached hydrogens (primary N) is 1. The normalized spacial score (nSPS) is 26.6. The van der Waals surface area contributed by atoms with Crippen molar-refractivity contribution >= 4 is 5.96 Å². The van der Waals surface area contributed by atoms with E-state index in [1.165, 1.54) is 0 Å². The fraction of sp³-hybridized carbons (Fsp3) is 0.900. The Morgan fingerprint density at radius 1 is 1.38 bits per heavy atom. The fourth-order valence-electron chi connectivity index (χ4n) is 2.03. The van der Waals surface area contributed by atoms with E-state index in [9.17, 15) is 8.78 Å². The first-order valence-electron chi connectivity index (χ1n) is 5.57. The van der Waals surface area contributed by atoms with Gasteiger partial charge in [-0.05, 0) is 5.92 Å². The van der Waals surface area contributed by atoms with E-state index < -0.39 is 5.92 Å². The number of rotatable bonds is 2. The van der Waals surface area contributed by atoms with Gasteiger partial charge in [0.15, 0.2) is 5.96 Å². The Balaban J connectivity index is 1.74. The van der Waals surface area contributed by atoms with E-state index in [1.54, 1.807) is 0 Å². The maximum atomic E-state index is 12.6. The van der Waals surface area contributed by atoms with Gasteiger partial charge in [0.25, 0.3) is 0 Å². The minimum atomic E-state index is -2.46. The number of ether oxygens (including phenoxy) is 1. The minimum Gasteiger partial charge on any atom is -0.378 e. The molecule has 4 nitrogen and oxygen atoms in total. The van der Waals surface area contributed by atoms with Crippen LogP contribution in [0.15, 0.2) is 4.99 Å². The monoisotopic (exact) mass is 233 g/mol. The van der Waals surface area contributed by atoms with Gasteiger partial charge in [-0.15, -0.1) is 0 Å². The lowest BCUT2D eigenvalue weighted by Gasteiger charge is -2.34. The molecule has 0 amide bonds. The number of hydrogen-bond donors (Lipinski definition) is 1. The van der Waals surface area contributed by atoms with Crippen molar-refractivity contribution in [2.45, 2.75) is 18.8 Å². The first-order chi connectivity index (χ1) is 7.57. The van der Waals surface area contributed by atoms with Gasteiger partial charge in [0.05, 0.1) is 13.2 Å². The van der Waals surface area contributed by atoms with E-state index in [0.717, 1.165) is 13.1 Å². The third-order valence-corrected chi connectivity index (χ3v) is 3.02. The molecule has 2 N–H and O–H groups in total. The van der Waals surface area contributed by atoms with Crippen LogP contribution in [0.3, 0.4) is 0 Å². The summed E-state index contributed by atoms with van der Waals surface area (Å²) in [7, 11) is 0. The van der Waals surface area contributed by atoms with E-state index in [4.69, 9.17) is 10.5 Å². The van der Waals surface area contributed by atoms with Crippen molar-refractivity contribution in [3.05, 3.63) is 0 Å². The number of hydrogen-bond acceptors (Lipinski definition) is 2. The molecule has 92 valence electrons. The molecule has 16 heavy (non-hydrogen) atoms. The van der Waals surface area contributed by atoms with E-state index in [2.05, 4.69) is 4.99 Å². The summed E-state index contributed by atoms with van der Waals surface area (Å²) >= 11 is 0. The largest absolute Gasteiger partial charge is 0.378 e. The second kappa shape index (κ2) is 4.53. The van der Waals surface area contributed by atoms with Crippen LogP contribution >= 0.6 is 0 Å². The zero-order valence-corrected chi connectivity index (χ0v) is 9.16. The average Bonchev–Trinajstić information content (AvgIpc) is 2.24. The fourth-order valence-corrected chi connectivity index (χ4v) is 2.03. The second-order valence-electron chi connectivity index (χ2n) is 4.43. The molecule has 6 heteroatoms. The highest BCUT2D eigenvalue weighted by Gasteiger charge is 2.44. The summed E-state index contributed by atoms with van der Waals surface area (Å²) in [4.78, 5) is 6.10. The van der Waals surface area contributed by atoms with Crippen molar-refractivity contribution in [3.63, 3.8) is 0 Å². The smallest absolute Gasteiger partial charge is 0.248 e. The van der Waals surface area contributed by atoms with Gasteiger partial charge in [-0.3, -0.25) is 4.99 Å². The molecule has 0 aromatic heterocycles. The van der Waals surface area contributed by atoms with Crippen molar-refractivity contribution in [2.24, 2.45) is 16.6 Å². The highest BCUT2D eigenvalue weighted by atomic mass is 19.3. The van der Waals surface area contributed by atoms with Crippen molar-refractivity contribution in [3.8, 4) is 0 Å². The lowest BCUT2D eigenvalue weighted by Crippen LogP contribution is -2.45. The Morgan fingerprint density at radius 3 is 2.56 bits per heavy atom. The molecule has 0 spiro atoms. The number of alkyl halides is 2. The van der Waals surface area contributed by atoms with Crippen LogP contribution in [0.25, 0.3) is 0 Å². The van der Waals surface area contributed by atoms with Crippen molar-refractivity contribution < 1.29 is 13.5 Å². The molecule has 0 atom stereocenters. The predicted octanol–water partition coefficient (Wildman–Crippen LogP) is 0.679. The third kappa shape index (κ3) is 2.81. The molecule has 2 fully saturated rings. The first kappa shape index (κ1) is 11.6. The van der Waals surface area contributed by atoms with Gasteiger partial charge in [0.2, 0.25) is 5.92 Å². The van der Waals surface area contributed by atoms with Gasteiger partial charge in [-0.1, -0.05) is 0 Å². The molecule has 0 unspecified atom stereocenters. The number of aliphatic imine (C=N–C) groups is 1. The molecule has 0 radical (unpaired) electrons. The summed E-state index contributed by atoms with van der Waals surface area (Å²) in [5.41, 5.74) is 5.78. The first-order valence-corrected chi connectivity index (χ1v) is 5.57. The Labute approximate surface area is 93.5 Å². The zero-order valence-electron chi connectivity index (χ0n) is 9.16. The van der Waals surface area contributed by atoms with Gasteiger partial charge in [-0.25, -0.2) is 8.78 Å². The standard InChI is InChI=1S/C10H17F2N3O/c11-10(12)5-8(6-10)7-14-9(13)15-1-3-16-4-2-15/h8H,1-7H2,(H2,13,14). The van der Waals surface area contributed by atoms with E-state index in [0.29, 0.717) is 25.7 Å². The highest BCUT2D eigenvalue weighted by Crippen LogP contribution is 2.42. The Bertz CT molecular complexity index is 269. The summed E-state index contributed by atoms with van der Waals surface area (Å²) in [6.45, 7) is 3.18. The van der Waals surface area contributed by atoms with Crippen LogP contribution in [-0.2, 0) is 4.74 Å². The second-order valence-corrected chi connectivity index (χ2v) is 4.43. The van der Waals surface area contributed by atoms with Crippen molar-refractivity contribution in [1.29, 1.82) is 0 Å². The van der Waals surface area contributed by atoms with Crippen molar-refractivity contribution in [2.75, 3.05) is 32.8 Å².